The van der Waals surface area contributed by atoms with Gasteiger partial charge in [-0.25, -0.2) is 0 Å². The lowest BCUT2D eigenvalue weighted by atomic mass is 10.1. The molecular weight excluding hydrogens is 112 g/mol. The van der Waals surface area contributed by atoms with E-state index in [0.29, 0.717) is 6.04 Å². The summed E-state index contributed by atoms with van der Waals surface area (Å²) >= 11 is 0. The summed E-state index contributed by atoms with van der Waals surface area (Å²) in [5.41, 5.74) is 7.73. The molecule has 0 saturated heterocycles. The molecule has 0 saturated carbocycles. The molecule has 1 heterocycles. The molecule has 2 nitrogen and oxygen atoms in total. The Balaban J connectivity index is 2.83. The quantitative estimate of drug-likeness (QED) is 0.499. The van der Waals surface area contributed by atoms with E-state index in [4.69, 9.17) is 5.73 Å². The highest BCUT2D eigenvalue weighted by Crippen LogP contribution is 2.08. The smallest absolute Gasteiger partial charge is 0.0460 e. The van der Waals surface area contributed by atoms with Crippen molar-refractivity contribution in [3.05, 3.63) is 23.5 Å². The molecule has 9 heavy (non-hydrogen) atoms. The molecule has 1 unspecified atom stereocenters. The van der Waals surface area contributed by atoms with Gasteiger partial charge < -0.3 is 11.1 Å². The minimum absolute atomic E-state index is 0.398. The fourth-order valence-electron chi connectivity index (χ4n) is 0.789. The number of nitrogens with one attached hydrogen (secondary N) is 1. The van der Waals surface area contributed by atoms with Gasteiger partial charge in [0.15, 0.2) is 0 Å². The molecule has 1 aliphatic rings. The molecule has 0 radical (unpaired) electrons. The molecule has 1 atom stereocenters. The van der Waals surface area contributed by atoms with Gasteiger partial charge in [-0.3, -0.25) is 0 Å². The second-order valence-electron chi connectivity index (χ2n) is 2.36. The van der Waals surface area contributed by atoms with Gasteiger partial charge in [-0.05, 0) is 31.7 Å². The molecule has 3 N–H and O–H groups in total. The normalized spacial score (nSPS) is 26.2. The van der Waals surface area contributed by atoms with Crippen LogP contribution < -0.4 is 11.1 Å². The zero-order chi connectivity index (χ0) is 6.85. The van der Waals surface area contributed by atoms with Crippen molar-refractivity contribution < 1.29 is 0 Å². The van der Waals surface area contributed by atoms with Crippen LogP contribution in [0.1, 0.15) is 13.8 Å². The summed E-state index contributed by atoms with van der Waals surface area (Å²) in [6, 6.07) is 0.398. The highest BCUT2D eigenvalue weighted by atomic mass is 14.9. The maximum Gasteiger partial charge on any atom is 0.0460 e. The summed E-state index contributed by atoms with van der Waals surface area (Å²) in [5, 5.41) is 3.14. The van der Waals surface area contributed by atoms with Crippen LogP contribution in [0.2, 0.25) is 0 Å². The number of hydrogen-bond acceptors (Lipinski definition) is 2. The predicted octanol–water partition coefficient (Wildman–Crippen LogP) is 0.725. The second-order valence-corrected chi connectivity index (χ2v) is 2.36. The number of dihydropyridines is 1. The monoisotopic (exact) mass is 124 g/mol. The maximum absolute atomic E-state index is 5.62. The standard InChI is InChI=1S/C7H12N2/c1-5-6(2)9-4-3-7(5)8/h3-4,6,9H,8H2,1-2H3. The molecule has 0 bridgehead atoms. The van der Waals surface area contributed by atoms with Crippen LogP contribution in [0, 0.1) is 0 Å². The van der Waals surface area contributed by atoms with Crippen molar-refractivity contribution in [3.8, 4) is 0 Å². The third-order valence-corrected chi connectivity index (χ3v) is 1.71. The molecule has 0 aromatic carbocycles. The van der Waals surface area contributed by atoms with E-state index in [1.54, 1.807) is 0 Å². The zero-order valence-electron chi connectivity index (χ0n) is 5.81. The van der Waals surface area contributed by atoms with E-state index in [9.17, 15) is 0 Å². The lowest BCUT2D eigenvalue weighted by Crippen LogP contribution is -2.27. The maximum atomic E-state index is 5.62. The van der Waals surface area contributed by atoms with Crippen LogP contribution in [0.5, 0.6) is 0 Å². The van der Waals surface area contributed by atoms with E-state index < -0.39 is 0 Å². The van der Waals surface area contributed by atoms with E-state index in [2.05, 4.69) is 12.2 Å². The summed E-state index contributed by atoms with van der Waals surface area (Å²) in [6.07, 6.45) is 3.77. The topological polar surface area (TPSA) is 38.0 Å². The van der Waals surface area contributed by atoms with Crippen LogP contribution >= 0.6 is 0 Å². The molecule has 0 amide bonds. The summed E-state index contributed by atoms with van der Waals surface area (Å²) in [4.78, 5) is 0. The molecule has 1 rings (SSSR count). The van der Waals surface area contributed by atoms with Crippen LogP contribution in [0.4, 0.5) is 0 Å². The van der Waals surface area contributed by atoms with Gasteiger partial charge in [0, 0.05) is 11.7 Å². The van der Waals surface area contributed by atoms with Crippen molar-refractivity contribution in [3.63, 3.8) is 0 Å². The van der Waals surface area contributed by atoms with Gasteiger partial charge in [-0.2, -0.15) is 0 Å². The van der Waals surface area contributed by atoms with Crippen molar-refractivity contribution in [1.82, 2.24) is 5.32 Å². The van der Waals surface area contributed by atoms with Gasteiger partial charge in [-0.15, -0.1) is 0 Å². The van der Waals surface area contributed by atoms with Crippen molar-refractivity contribution in [2.75, 3.05) is 0 Å². The lowest BCUT2D eigenvalue weighted by molar-refractivity contribution is 0.707. The van der Waals surface area contributed by atoms with Crippen molar-refractivity contribution in [1.29, 1.82) is 0 Å². The Labute approximate surface area is 55.4 Å². The van der Waals surface area contributed by atoms with E-state index in [0.717, 1.165) is 5.70 Å². The first-order valence-corrected chi connectivity index (χ1v) is 3.10. The minimum atomic E-state index is 0.398. The Morgan fingerprint density at radius 3 is 2.78 bits per heavy atom. The number of hydrogen-bond donors (Lipinski definition) is 2. The first-order valence-electron chi connectivity index (χ1n) is 3.10. The van der Waals surface area contributed by atoms with Gasteiger partial charge in [0.2, 0.25) is 0 Å². The van der Waals surface area contributed by atoms with Crippen LogP contribution in [0.15, 0.2) is 23.5 Å². The van der Waals surface area contributed by atoms with Crippen LogP contribution in [-0.4, -0.2) is 6.04 Å². The zero-order valence-corrected chi connectivity index (χ0v) is 5.81. The molecule has 50 valence electrons. The molecule has 2 heteroatoms. The Bertz CT molecular complexity index is 168. The van der Waals surface area contributed by atoms with Gasteiger partial charge in [0.05, 0.1) is 0 Å². The van der Waals surface area contributed by atoms with Crippen molar-refractivity contribution in [2.45, 2.75) is 19.9 Å². The highest BCUT2D eigenvalue weighted by molar-refractivity contribution is 5.28. The van der Waals surface area contributed by atoms with E-state index >= 15 is 0 Å². The molecule has 0 aromatic heterocycles. The van der Waals surface area contributed by atoms with E-state index in [-0.39, 0.29) is 0 Å². The van der Waals surface area contributed by atoms with E-state index in [1.807, 2.05) is 19.2 Å². The van der Waals surface area contributed by atoms with E-state index in [1.165, 1.54) is 5.57 Å². The SMILES string of the molecule is CC1=C(N)C=CNC1C. The molecule has 0 spiro atoms. The number of nitrogens with two attached hydrogens (primary N) is 1. The number of allylic oxidation sites excluding steroid dienone is 1. The predicted molar refractivity (Wildman–Crippen MR) is 38.6 cm³/mol. The van der Waals surface area contributed by atoms with Crippen LogP contribution in [0.3, 0.4) is 0 Å². The summed E-state index contributed by atoms with van der Waals surface area (Å²) in [6.45, 7) is 4.13. The van der Waals surface area contributed by atoms with Gasteiger partial charge in [0.25, 0.3) is 0 Å². The average molecular weight is 124 g/mol. The fraction of sp³-hybridized carbons (Fsp3) is 0.429. The molecule has 0 fully saturated rings. The summed E-state index contributed by atoms with van der Waals surface area (Å²) < 4.78 is 0. The third-order valence-electron chi connectivity index (χ3n) is 1.71. The van der Waals surface area contributed by atoms with Crippen LogP contribution in [0.25, 0.3) is 0 Å². The lowest BCUT2D eigenvalue weighted by Gasteiger charge is -2.18. The average Bonchev–Trinajstić information content (AvgIpc) is 1.83. The fourth-order valence-corrected chi connectivity index (χ4v) is 0.789. The summed E-state index contributed by atoms with van der Waals surface area (Å²) in [7, 11) is 0. The Morgan fingerprint density at radius 2 is 2.33 bits per heavy atom. The van der Waals surface area contributed by atoms with Crippen molar-refractivity contribution in [2.24, 2.45) is 5.73 Å². The first kappa shape index (κ1) is 6.20. The summed E-state index contributed by atoms with van der Waals surface area (Å²) in [5.74, 6) is 0. The number of rotatable bonds is 0. The minimum Gasteiger partial charge on any atom is -0.399 e. The van der Waals surface area contributed by atoms with Crippen LogP contribution in [-0.2, 0) is 0 Å². The Kier molecular flexibility index (Phi) is 1.47. The Hall–Kier alpha value is -0.920. The first-order chi connectivity index (χ1) is 4.22. The molecule has 1 aliphatic heterocycles. The van der Waals surface area contributed by atoms with Gasteiger partial charge in [0.1, 0.15) is 0 Å². The third kappa shape index (κ3) is 1.07. The van der Waals surface area contributed by atoms with Gasteiger partial charge in [-0.1, -0.05) is 0 Å². The second kappa shape index (κ2) is 2.13. The molecular formula is C7H12N2. The molecule has 0 aliphatic carbocycles. The highest BCUT2D eigenvalue weighted by Gasteiger charge is 2.06. The largest absolute Gasteiger partial charge is 0.399 e. The molecule has 0 aromatic rings. The van der Waals surface area contributed by atoms with Crippen molar-refractivity contribution >= 4 is 0 Å². The van der Waals surface area contributed by atoms with Gasteiger partial charge >= 0.3 is 0 Å². The Morgan fingerprint density at radius 1 is 1.67 bits per heavy atom.